The van der Waals surface area contributed by atoms with Crippen molar-refractivity contribution in [2.24, 2.45) is 0 Å². The molecule has 0 spiro atoms. The minimum absolute atomic E-state index is 0.125. The quantitative estimate of drug-likeness (QED) is 0.440. The van der Waals surface area contributed by atoms with E-state index in [0.29, 0.717) is 12.8 Å². The van der Waals surface area contributed by atoms with Gasteiger partial charge in [0.25, 0.3) is 0 Å². The van der Waals surface area contributed by atoms with Crippen LogP contribution in [0.4, 0.5) is 0 Å². The van der Waals surface area contributed by atoms with Crippen molar-refractivity contribution >= 4 is 6.29 Å². The zero-order valence-electron chi connectivity index (χ0n) is 5.71. The topological polar surface area (TPSA) is 40.5 Å². The molecule has 0 heterocycles. The standard InChI is InChI=1S/C6H13NO2/c1-2-3-4-7(9)5-6-8/h6,9H,2-5H2,1H3. The van der Waals surface area contributed by atoms with Crippen LogP contribution in [0.1, 0.15) is 19.8 Å². The predicted octanol–water partition coefficient (Wildman–Crippen LogP) is 0.677. The molecule has 0 bridgehead atoms. The number of aldehydes is 1. The van der Waals surface area contributed by atoms with Gasteiger partial charge in [-0.1, -0.05) is 13.3 Å². The molecule has 54 valence electrons. The Kier molecular flexibility index (Phi) is 5.46. The summed E-state index contributed by atoms with van der Waals surface area (Å²) in [5.74, 6) is 0. The summed E-state index contributed by atoms with van der Waals surface area (Å²) in [6, 6.07) is 0. The van der Waals surface area contributed by atoms with Crippen molar-refractivity contribution in [2.45, 2.75) is 19.8 Å². The summed E-state index contributed by atoms with van der Waals surface area (Å²) in [6.07, 6.45) is 2.66. The summed E-state index contributed by atoms with van der Waals surface area (Å²) in [6.45, 7) is 2.75. The van der Waals surface area contributed by atoms with Crippen LogP contribution in [0.15, 0.2) is 0 Å². The van der Waals surface area contributed by atoms with Gasteiger partial charge in [0.15, 0.2) is 0 Å². The van der Waals surface area contributed by atoms with E-state index in [1.54, 1.807) is 0 Å². The highest BCUT2D eigenvalue weighted by atomic mass is 16.5. The fourth-order valence-electron chi connectivity index (χ4n) is 0.518. The van der Waals surface area contributed by atoms with Crippen LogP contribution in [-0.4, -0.2) is 29.6 Å². The van der Waals surface area contributed by atoms with Gasteiger partial charge in [0.2, 0.25) is 0 Å². The van der Waals surface area contributed by atoms with Crippen molar-refractivity contribution < 1.29 is 10.0 Å². The van der Waals surface area contributed by atoms with E-state index in [2.05, 4.69) is 0 Å². The maximum atomic E-state index is 9.78. The summed E-state index contributed by atoms with van der Waals surface area (Å²) in [7, 11) is 0. The molecule has 0 saturated carbocycles. The summed E-state index contributed by atoms with van der Waals surface area (Å²) in [5, 5.41) is 9.81. The average molecular weight is 131 g/mol. The Morgan fingerprint density at radius 2 is 2.33 bits per heavy atom. The second-order valence-electron chi connectivity index (χ2n) is 1.93. The molecule has 1 N–H and O–H groups in total. The van der Waals surface area contributed by atoms with Gasteiger partial charge in [-0.3, -0.25) is 0 Å². The molecule has 0 radical (unpaired) electrons. The Bertz CT molecular complexity index is 75.5. The number of hydrogen-bond acceptors (Lipinski definition) is 3. The second kappa shape index (κ2) is 5.72. The summed E-state index contributed by atoms with van der Waals surface area (Å²) in [4.78, 5) is 9.78. The number of carbonyl (C=O) groups is 1. The molecule has 0 fully saturated rings. The number of hydroxylamine groups is 2. The summed E-state index contributed by atoms with van der Waals surface area (Å²) < 4.78 is 0. The number of unbranched alkanes of at least 4 members (excludes halogenated alkanes) is 1. The van der Waals surface area contributed by atoms with Gasteiger partial charge < -0.3 is 10.0 Å². The van der Waals surface area contributed by atoms with Crippen LogP contribution >= 0.6 is 0 Å². The van der Waals surface area contributed by atoms with Gasteiger partial charge >= 0.3 is 0 Å². The number of hydrogen-bond donors (Lipinski definition) is 1. The van der Waals surface area contributed by atoms with Crippen LogP contribution in [0, 0.1) is 0 Å². The van der Waals surface area contributed by atoms with Crippen LogP contribution in [-0.2, 0) is 4.79 Å². The molecule has 0 aliphatic carbocycles. The van der Waals surface area contributed by atoms with E-state index in [1.165, 1.54) is 0 Å². The number of rotatable bonds is 5. The van der Waals surface area contributed by atoms with Crippen LogP contribution in [0.3, 0.4) is 0 Å². The third-order valence-electron chi connectivity index (χ3n) is 1.06. The second-order valence-corrected chi connectivity index (χ2v) is 1.93. The first kappa shape index (κ1) is 8.59. The maximum absolute atomic E-state index is 9.78. The molecule has 0 aromatic carbocycles. The highest BCUT2D eigenvalue weighted by Gasteiger charge is 1.94. The molecule has 3 heteroatoms. The summed E-state index contributed by atoms with van der Waals surface area (Å²) >= 11 is 0. The molecule has 9 heavy (non-hydrogen) atoms. The van der Waals surface area contributed by atoms with Crippen molar-refractivity contribution in [1.82, 2.24) is 5.06 Å². The lowest BCUT2D eigenvalue weighted by Crippen LogP contribution is -2.22. The lowest BCUT2D eigenvalue weighted by molar-refractivity contribution is -0.125. The number of carbonyl (C=O) groups excluding carboxylic acids is 1. The van der Waals surface area contributed by atoms with Crippen molar-refractivity contribution in [2.75, 3.05) is 13.1 Å². The van der Waals surface area contributed by atoms with Gasteiger partial charge in [-0.2, -0.15) is 5.06 Å². The molecule has 0 unspecified atom stereocenters. The lowest BCUT2D eigenvalue weighted by Gasteiger charge is -2.08. The SMILES string of the molecule is CCCCN(O)CC=O. The van der Waals surface area contributed by atoms with E-state index in [0.717, 1.165) is 17.9 Å². The molecular weight excluding hydrogens is 118 g/mol. The Labute approximate surface area is 55.2 Å². The fourth-order valence-corrected chi connectivity index (χ4v) is 0.518. The van der Waals surface area contributed by atoms with Gasteiger partial charge in [-0.15, -0.1) is 0 Å². The minimum atomic E-state index is 0.125. The molecular formula is C6H13NO2. The lowest BCUT2D eigenvalue weighted by atomic mass is 10.3. The van der Waals surface area contributed by atoms with E-state index < -0.39 is 0 Å². The molecule has 0 atom stereocenters. The first-order chi connectivity index (χ1) is 4.31. The largest absolute Gasteiger partial charge is 0.314 e. The van der Waals surface area contributed by atoms with E-state index in [-0.39, 0.29) is 6.54 Å². The Morgan fingerprint density at radius 1 is 1.67 bits per heavy atom. The van der Waals surface area contributed by atoms with Gasteiger partial charge in [-0.05, 0) is 6.42 Å². The van der Waals surface area contributed by atoms with Crippen molar-refractivity contribution in [1.29, 1.82) is 0 Å². The maximum Gasteiger partial charge on any atom is 0.136 e. The normalized spacial score (nSPS) is 10.1. The van der Waals surface area contributed by atoms with Crippen LogP contribution in [0.2, 0.25) is 0 Å². The van der Waals surface area contributed by atoms with Gasteiger partial charge in [0, 0.05) is 6.54 Å². The zero-order valence-corrected chi connectivity index (χ0v) is 5.71. The molecule has 0 aromatic rings. The average Bonchev–Trinajstić information content (AvgIpc) is 1.85. The minimum Gasteiger partial charge on any atom is -0.314 e. The van der Waals surface area contributed by atoms with Crippen LogP contribution in [0.5, 0.6) is 0 Å². The third kappa shape index (κ3) is 5.46. The van der Waals surface area contributed by atoms with Crippen LogP contribution in [0.25, 0.3) is 0 Å². The van der Waals surface area contributed by atoms with Gasteiger partial charge in [0.1, 0.15) is 6.29 Å². The molecule has 0 aromatic heterocycles. The van der Waals surface area contributed by atoms with Gasteiger partial charge in [0.05, 0.1) is 6.54 Å². The van der Waals surface area contributed by atoms with Crippen molar-refractivity contribution in [3.8, 4) is 0 Å². The number of nitrogens with zero attached hydrogens (tertiary/aromatic N) is 1. The monoisotopic (exact) mass is 131 g/mol. The molecule has 0 aliphatic rings. The Balaban J connectivity index is 3.04. The van der Waals surface area contributed by atoms with E-state index in [4.69, 9.17) is 5.21 Å². The van der Waals surface area contributed by atoms with Gasteiger partial charge in [-0.25, -0.2) is 0 Å². The van der Waals surface area contributed by atoms with Crippen molar-refractivity contribution in [3.63, 3.8) is 0 Å². The zero-order chi connectivity index (χ0) is 7.11. The fraction of sp³-hybridized carbons (Fsp3) is 0.833. The Hall–Kier alpha value is -0.410. The molecule has 0 saturated heterocycles. The van der Waals surface area contributed by atoms with Crippen LogP contribution < -0.4 is 0 Å². The molecule has 0 amide bonds. The smallest absolute Gasteiger partial charge is 0.136 e. The molecule has 0 aliphatic heterocycles. The third-order valence-corrected chi connectivity index (χ3v) is 1.06. The first-order valence-corrected chi connectivity index (χ1v) is 3.18. The van der Waals surface area contributed by atoms with Crippen molar-refractivity contribution in [3.05, 3.63) is 0 Å². The van der Waals surface area contributed by atoms with E-state index in [1.807, 2.05) is 6.92 Å². The predicted molar refractivity (Wildman–Crippen MR) is 34.3 cm³/mol. The van der Waals surface area contributed by atoms with E-state index >= 15 is 0 Å². The van der Waals surface area contributed by atoms with E-state index in [9.17, 15) is 4.79 Å². The highest BCUT2D eigenvalue weighted by molar-refractivity contribution is 5.51. The molecule has 0 rings (SSSR count). The summed E-state index contributed by atoms with van der Waals surface area (Å²) in [5.41, 5.74) is 0. The molecule has 3 nitrogen and oxygen atoms in total. The highest BCUT2D eigenvalue weighted by Crippen LogP contribution is 1.88. The Morgan fingerprint density at radius 3 is 2.78 bits per heavy atom. The first-order valence-electron chi connectivity index (χ1n) is 3.18.